The first-order valence-electron chi connectivity index (χ1n) is 6.63. The third-order valence-corrected chi connectivity index (χ3v) is 4.07. The molecule has 1 aromatic carbocycles. The molecular weight excluding hydrogens is 224 g/mol. The Bertz CT molecular complexity index is 436. The van der Waals surface area contributed by atoms with Gasteiger partial charge in [0.1, 0.15) is 0 Å². The molecule has 0 saturated heterocycles. The van der Waals surface area contributed by atoms with Gasteiger partial charge in [-0.1, -0.05) is 26.0 Å². The van der Waals surface area contributed by atoms with Crippen LogP contribution in [0.15, 0.2) is 24.3 Å². The molecule has 1 aliphatic carbocycles. The third kappa shape index (κ3) is 3.03. The minimum atomic E-state index is 0.0903. The number of rotatable bonds is 5. The molecular formula is C15H22N2O. The summed E-state index contributed by atoms with van der Waals surface area (Å²) in [6.45, 7) is 5.28. The van der Waals surface area contributed by atoms with Crippen LogP contribution < -0.4 is 11.1 Å². The van der Waals surface area contributed by atoms with Crippen molar-refractivity contribution in [2.75, 3.05) is 12.3 Å². The molecule has 0 aliphatic heterocycles. The first-order valence-corrected chi connectivity index (χ1v) is 6.63. The van der Waals surface area contributed by atoms with Crippen LogP contribution in [0.2, 0.25) is 0 Å². The largest absolute Gasteiger partial charge is 0.399 e. The molecule has 0 spiro atoms. The molecule has 0 atom stereocenters. The molecule has 0 heterocycles. The lowest BCUT2D eigenvalue weighted by Crippen LogP contribution is -2.33. The number of nitrogen functional groups attached to an aromatic ring is 1. The number of anilines is 1. The Balaban J connectivity index is 1.83. The van der Waals surface area contributed by atoms with Gasteiger partial charge in [0, 0.05) is 12.2 Å². The van der Waals surface area contributed by atoms with E-state index in [1.165, 1.54) is 12.8 Å². The van der Waals surface area contributed by atoms with Gasteiger partial charge in [0.25, 0.3) is 0 Å². The Hall–Kier alpha value is -1.51. The van der Waals surface area contributed by atoms with Gasteiger partial charge < -0.3 is 11.1 Å². The van der Waals surface area contributed by atoms with Crippen LogP contribution in [0.3, 0.4) is 0 Å². The molecule has 3 heteroatoms. The molecule has 3 N–H and O–H groups in total. The fraction of sp³-hybridized carbons (Fsp3) is 0.533. The van der Waals surface area contributed by atoms with Crippen molar-refractivity contribution in [1.29, 1.82) is 0 Å². The summed E-state index contributed by atoms with van der Waals surface area (Å²) in [6, 6.07) is 7.51. The van der Waals surface area contributed by atoms with Gasteiger partial charge >= 0.3 is 0 Å². The Morgan fingerprint density at radius 1 is 1.44 bits per heavy atom. The van der Waals surface area contributed by atoms with Crippen LogP contribution in [0.5, 0.6) is 0 Å². The minimum absolute atomic E-state index is 0.0903. The number of nitrogens with one attached hydrogen (secondary N) is 1. The lowest BCUT2D eigenvalue weighted by Gasteiger charge is -2.20. The molecule has 0 unspecified atom stereocenters. The van der Waals surface area contributed by atoms with Crippen molar-refractivity contribution >= 4 is 11.6 Å². The number of hydrogen-bond donors (Lipinski definition) is 2. The summed E-state index contributed by atoms with van der Waals surface area (Å²) < 4.78 is 0. The second-order valence-electron chi connectivity index (χ2n) is 5.72. The summed E-state index contributed by atoms with van der Waals surface area (Å²) in [7, 11) is 0. The highest BCUT2D eigenvalue weighted by atomic mass is 16.1. The van der Waals surface area contributed by atoms with E-state index < -0.39 is 0 Å². The van der Waals surface area contributed by atoms with Crippen LogP contribution >= 0.6 is 0 Å². The first kappa shape index (κ1) is 12.9. The van der Waals surface area contributed by atoms with Gasteiger partial charge in [-0.3, -0.25) is 4.79 Å². The molecule has 1 aliphatic rings. The van der Waals surface area contributed by atoms with Gasteiger partial charge in [-0.15, -0.1) is 0 Å². The van der Waals surface area contributed by atoms with Crippen molar-refractivity contribution in [3.05, 3.63) is 29.8 Å². The van der Waals surface area contributed by atoms with Crippen molar-refractivity contribution < 1.29 is 4.79 Å². The van der Waals surface area contributed by atoms with Gasteiger partial charge in [-0.05, 0) is 41.9 Å². The summed E-state index contributed by atoms with van der Waals surface area (Å²) in [5.41, 5.74) is 7.75. The number of nitrogens with two attached hydrogens (primary N) is 1. The predicted molar refractivity (Wildman–Crippen MR) is 74.1 cm³/mol. The predicted octanol–water partition coefficient (Wildman–Crippen LogP) is 2.36. The van der Waals surface area contributed by atoms with Gasteiger partial charge in [0.15, 0.2) is 0 Å². The number of benzene rings is 1. The van der Waals surface area contributed by atoms with E-state index in [-0.39, 0.29) is 5.91 Å². The van der Waals surface area contributed by atoms with E-state index in [0.717, 1.165) is 12.1 Å². The number of carbonyl (C=O) groups excluding carboxylic acids is 1. The normalized spacial score (nSPS) is 16.6. The molecule has 1 aromatic rings. The highest BCUT2D eigenvalue weighted by Crippen LogP contribution is 2.51. The maximum atomic E-state index is 11.9. The van der Waals surface area contributed by atoms with Crippen LogP contribution in [0.1, 0.15) is 32.3 Å². The van der Waals surface area contributed by atoms with Crippen molar-refractivity contribution in [1.82, 2.24) is 5.32 Å². The van der Waals surface area contributed by atoms with E-state index in [0.29, 0.717) is 23.4 Å². The maximum absolute atomic E-state index is 11.9. The van der Waals surface area contributed by atoms with Gasteiger partial charge in [-0.2, -0.15) is 0 Å². The number of amides is 1. The molecule has 1 saturated carbocycles. The summed E-state index contributed by atoms with van der Waals surface area (Å²) >= 11 is 0. The van der Waals surface area contributed by atoms with Crippen LogP contribution in [-0.2, 0) is 11.2 Å². The zero-order valence-corrected chi connectivity index (χ0v) is 11.2. The standard InChI is InChI=1S/C15H22N2O/c1-11(2)15(6-7-15)10-17-14(18)9-12-4-3-5-13(16)8-12/h3-5,8,11H,6-7,9-10,16H2,1-2H3,(H,17,18). The highest BCUT2D eigenvalue weighted by molar-refractivity contribution is 5.78. The second-order valence-corrected chi connectivity index (χ2v) is 5.72. The maximum Gasteiger partial charge on any atom is 0.224 e. The Kier molecular flexibility index (Phi) is 3.60. The highest BCUT2D eigenvalue weighted by Gasteiger charge is 2.45. The molecule has 3 nitrogen and oxygen atoms in total. The molecule has 0 bridgehead atoms. The Labute approximate surface area is 109 Å². The summed E-state index contributed by atoms with van der Waals surface area (Å²) in [5, 5.41) is 3.05. The van der Waals surface area contributed by atoms with E-state index in [9.17, 15) is 4.79 Å². The summed E-state index contributed by atoms with van der Waals surface area (Å²) in [6.07, 6.45) is 2.89. The van der Waals surface area contributed by atoms with E-state index in [2.05, 4.69) is 19.2 Å². The second kappa shape index (κ2) is 5.01. The zero-order chi connectivity index (χ0) is 13.2. The first-order chi connectivity index (χ1) is 8.52. The van der Waals surface area contributed by atoms with Crippen LogP contribution in [0.4, 0.5) is 5.69 Å². The fourth-order valence-corrected chi connectivity index (χ4v) is 2.34. The minimum Gasteiger partial charge on any atom is -0.399 e. The summed E-state index contributed by atoms with van der Waals surface area (Å²) in [5.74, 6) is 0.734. The van der Waals surface area contributed by atoms with Crippen molar-refractivity contribution in [2.24, 2.45) is 11.3 Å². The smallest absolute Gasteiger partial charge is 0.224 e. The molecule has 98 valence electrons. The van der Waals surface area contributed by atoms with E-state index in [1.54, 1.807) is 0 Å². The van der Waals surface area contributed by atoms with Gasteiger partial charge in [0.05, 0.1) is 6.42 Å². The average molecular weight is 246 g/mol. The monoisotopic (exact) mass is 246 g/mol. The van der Waals surface area contributed by atoms with Crippen LogP contribution in [0.25, 0.3) is 0 Å². The topological polar surface area (TPSA) is 55.1 Å². The van der Waals surface area contributed by atoms with Gasteiger partial charge in [-0.25, -0.2) is 0 Å². The lowest BCUT2D eigenvalue weighted by molar-refractivity contribution is -0.120. The molecule has 2 rings (SSSR count). The quantitative estimate of drug-likeness (QED) is 0.784. The van der Waals surface area contributed by atoms with Crippen LogP contribution in [0, 0.1) is 11.3 Å². The Morgan fingerprint density at radius 3 is 2.72 bits per heavy atom. The van der Waals surface area contributed by atoms with E-state index in [1.807, 2.05) is 24.3 Å². The fourth-order valence-electron chi connectivity index (χ4n) is 2.34. The Morgan fingerprint density at radius 2 is 2.17 bits per heavy atom. The summed E-state index contributed by atoms with van der Waals surface area (Å²) in [4.78, 5) is 11.9. The zero-order valence-electron chi connectivity index (χ0n) is 11.2. The number of hydrogen-bond acceptors (Lipinski definition) is 2. The van der Waals surface area contributed by atoms with Crippen molar-refractivity contribution in [3.8, 4) is 0 Å². The van der Waals surface area contributed by atoms with Crippen molar-refractivity contribution in [2.45, 2.75) is 33.1 Å². The lowest BCUT2D eigenvalue weighted by atomic mass is 9.92. The molecule has 0 aromatic heterocycles. The van der Waals surface area contributed by atoms with E-state index >= 15 is 0 Å². The molecule has 1 amide bonds. The molecule has 0 radical (unpaired) electrons. The van der Waals surface area contributed by atoms with Crippen molar-refractivity contribution in [3.63, 3.8) is 0 Å². The third-order valence-electron chi connectivity index (χ3n) is 4.07. The SMILES string of the molecule is CC(C)C1(CNC(=O)Cc2cccc(N)c2)CC1. The van der Waals surface area contributed by atoms with E-state index in [4.69, 9.17) is 5.73 Å². The molecule has 1 fully saturated rings. The number of carbonyl (C=O) groups is 1. The van der Waals surface area contributed by atoms with Gasteiger partial charge in [0.2, 0.25) is 5.91 Å². The molecule has 18 heavy (non-hydrogen) atoms. The van der Waals surface area contributed by atoms with Crippen LogP contribution in [-0.4, -0.2) is 12.5 Å². The average Bonchev–Trinajstić information content (AvgIpc) is 3.07.